The van der Waals surface area contributed by atoms with Gasteiger partial charge in [-0.15, -0.1) is 0 Å². The molecule has 0 aromatic heterocycles. The molecule has 2 rings (SSSR count). The Kier molecular flexibility index (Phi) is 5.52. The van der Waals surface area contributed by atoms with Gasteiger partial charge in [-0.1, -0.05) is 31.9 Å². The number of carbonyl (C=O) groups excluding carboxylic acids is 1. The van der Waals surface area contributed by atoms with Crippen LogP contribution in [0.1, 0.15) is 15.9 Å². The average molecular weight is 412 g/mol. The van der Waals surface area contributed by atoms with E-state index in [9.17, 15) is 4.79 Å². The number of hydrogen-bond acceptors (Lipinski definition) is 3. The molecule has 4 nitrogen and oxygen atoms in total. The van der Waals surface area contributed by atoms with E-state index in [-0.39, 0.29) is 5.91 Å². The zero-order valence-corrected chi connectivity index (χ0v) is 14.3. The van der Waals surface area contributed by atoms with Crippen LogP contribution < -0.4 is 10.2 Å². The minimum absolute atomic E-state index is 0.266. The number of benzene rings is 2. The van der Waals surface area contributed by atoms with Gasteiger partial charge in [0.15, 0.2) is 0 Å². The van der Waals surface area contributed by atoms with Crippen LogP contribution in [0.2, 0.25) is 0 Å². The summed E-state index contributed by atoms with van der Waals surface area (Å²) in [6, 6.07) is 12.6. The highest BCUT2D eigenvalue weighted by Crippen LogP contribution is 2.20. The van der Waals surface area contributed by atoms with Crippen LogP contribution in [-0.4, -0.2) is 19.2 Å². The van der Waals surface area contributed by atoms with E-state index in [2.05, 4.69) is 42.4 Å². The van der Waals surface area contributed by atoms with Crippen molar-refractivity contribution < 1.29 is 9.53 Å². The van der Waals surface area contributed by atoms with E-state index in [1.165, 1.54) is 0 Å². The van der Waals surface area contributed by atoms with Crippen molar-refractivity contribution >= 4 is 44.0 Å². The number of nitrogens with zero attached hydrogens (tertiary/aromatic N) is 1. The van der Waals surface area contributed by atoms with Gasteiger partial charge in [0.25, 0.3) is 5.91 Å². The Morgan fingerprint density at radius 2 is 1.90 bits per heavy atom. The molecule has 0 aliphatic rings. The van der Waals surface area contributed by atoms with Gasteiger partial charge in [-0.25, -0.2) is 5.43 Å². The van der Waals surface area contributed by atoms with Crippen molar-refractivity contribution in [1.82, 2.24) is 5.43 Å². The van der Waals surface area contributed by atoms with E-state index in [1.54, 1.807) is 37.6 Å². The van der Waals surface area contributed by atoms with E-state index < -0.39 is 0 Å². The summed E-state index contributed by atoms with van der Waals surface area (Å²) < 4.78 is 6.93. The zero-order valence-electron chi connectivity index (χ0n) is 11.1. The fourth-order valence-electron chi connectivity index (χ4n) is 1.57. The quantitative estimate of drug-likeness (QED) is 0.610. The van der Waals surface area contributed by atoms with Gasteiger partial charge in [-0.05, 0) is 42.5 Å². The minimum atomic E-state index is -0.266. The van der Waals surface area contributed by atoms with Crippen molar-refractivity contribution in [2.24, 2.45) is 5.10 Å². The van der Waals surface area contributed by atoms with Crippen molar-refractivity contribution in [3.8, 4) is 5.75 Å². The summed E-state index contributed by atoms with van der Waals surface area (Å²) in [6.07, 6.45) is 1.56. The first-order valence-electron chi connectivity index (χ1n) is 6.02. The highest BCUT2D eigenvalue weighted by Gasteiger charge is 2.04. The maximum absolute atomic E-state index is 11.9. The van der Waals surface area contributed by atoms with Crippen LogP contribution in [-0.2, 0) is 0 Å². The molecule has 6 heteroatoms. The fourth-order valence-corrected chi connectivity index (χ4v) is 2.19. The normalized spacial score (nSPS) is 10.6. The molecule has 0 heterocycles. The number of carbonyl (C=O) groups is 1. The minimum Gasteiger partial charge on any atom is -0.497 e. The molecule has 0 bridgehead atoms. The lowest BCUT2D eigenvalue weighted by Crippen LogP contribution is -2.17. The van der Waals surface area contributed by atoms with Crippen LogP contribution in [0.25, 0.3) is 0 Å². The first kappa shape index (κ1) is 15.7. The van der Waals surface area contributed by atoms with E-state index in [1.807, 2.05) is 18.2 Å². The Balaban J connectivity index is 2.05. The molecule has 0 aliphatic heterocycles. The summed E-state index contributed by atoms with van der Waals surface area (Å²) in [5.74, 6) is 0.455. The van der Waals surface area contributed by atoms with Gasteiger partial charge in [0.05, 0.1) is 13.3 Å². The number of hydrazone groups is 1. The second-order valence-electron chi connectivity index (χ2n) is 4.09. The predicted octanol–water partition coefficient (Wildman–Crippen LogP) is 3.98. The molecular formula is C15H12Br2N2O2. The topological polar surface area (TPSA) is 50.7 Å². The molecule has 21 heavy (non-hydrogen) atoms. The molecule has 0 radical (unpaired) electrons. The van der Waals surface area contributed by atoms with Crippen molar-refractivity contribution in [3.05, 3.63) is 62.5 Å². The summed E-state index contributed by atoms with van der Waals surface area (Å²) in [6.45, 7) is 0. The van der Waals surface area contributed by atoms with Crippen molar-refractivity contribution in [3.63, 3.8) is 0 Å². The fraction of sp³-hybridized carbons (Fsp3) is 0.0667. The Hall–Kier alpha value is -1.66. The van der Waals surface area contributed by atoms with Crippen LogP contribution in [0.5, 0.6) is 5.75 Å². The van der Waals surface area contributed by atoms with Gasteiger partial charge in [-0.2, -0.15) is 5.10 Å². The predicted molar refractivity (Wildman–Crippen MR) is 89.9 cm³/mol. The first-order valence-corrected chi connectivity index (χ1v) is 7.61. The molecule has 0 atom stereocenters. The number of methoxy groups -OCH3 is 1. The van der Waals surface area contributed by atoms with Crippen LogP contribution in [0.3, 0.4) is 0 Å². The van der Waals surface area contributed by atoms with E-state index >= 15 is 0 Å². The molecule has 1 N–H and O–H groups in total. The molecule has 0 saturated carbocycles. The lowest BCUT2D eigenvalue weighted by atomic mass is 10.2. The second kappa shape index (κ2) is 7.38. The lowest BCUT2D eigenvalue weighted by molar-refractivity contribution is 0.0955. The molecule has 2 aromatic rings. The van der Waals surface area contributed by atoms with Gasteiger partial charge in [0.2, 0.25) is 0 Å². The van der Waals surface area contributed by atoms with Crippen LogP contribution >= 0.6 is 31.9 Å². The first-order chi connectivity index (χ1) is 10.1. The monoisotopic (exact) mass is 410 g/mol. The largest absolute Gasteiger partial charge is 0.497 e. The molecule has 0 saturated heterocycles. The summed E-state index contributed by atoms with van der Waals surface area (Å²) in [5.41, 5.74) is 3.84. The van der Waals surface area contributed by atoms with Crippen molar-refractivity contribution in [2.45, 2.75) is 0 Å². The third-order valence-electron chi connectivity index (χ3n) is 2.68. The third kappa shape index (κ3) is 4.41. The molecular weight excluding hydrogens is 400 g/mol. The number of rotatable bonds is 4. The Labute approximate surface area is 139 Å². The van der Waals surface area contributed by atoms with E-state index in [4.69, 9.17) is 4.74 Å². The maximum atomic E-state index is 11.9. The summed E-state index contributed by atoms with van der Waals surface area (Å²) in [5, 5.41) is 3.95. The summed E-state index contributed by atoms with van der Waals surface area (Å²) in [4.78, 5) is 11.9. The average Bonchev–Trinajstić information content (AvgIpc) is 2.49. The van der Waals surface area contributed by atoms with Crippen LogP contribution in [0, 0.1) is 0 Å². The standard InChI is InChI=1S/C15H12Br2N2O2/c1-21-13-6-7-14(17)11(8-13)9-18-19-15(20)10-2-4-12(16)5-3-10/h2-9H,1H3,(H,19,20)/b18-9+. The highest BCUT2D eigenvalue weighted by molar-refractivity contribution is 9.10. The smallest absolute Gasteiger partial charge is 0.271 e. The zero-order chi connectivity index (χ0) is 15.2. The molecule has 0 aliphatic carbocycles. The Morgan fingerprint density at radius 3 is 2.57 bits per heavy atom. The molecule has 0 spiro atoms. The van der Waals surface area contributed by atoms with Gasteiger partial charge < -0.3 is 4.74 Å². The SMILES string of the molecule is COc1ccc(Br)c(/C=N/NC(=O)c2ccc(Br)cc2)c1. The number of ether oxygens (including phenoxy) is 1. The number of halogens is 2. The van der Waals surface area contributed by atoms with Gasteiger partial charge in [0, 0.05) is 20.1 Å². The lowest BCUT2D eigenvalue weighted by Gasteiger charge is -2.03. The van der Waals surface area contributed by atoms with Crippen LogP contribution in [0.4, 0.5) is 0 Å². The van der Waals surface area contributed by atoms with Crippen LogP contribution in [0.15, 0.2) is 56.5 Å². The molecule has 0 fully saturated rings. The van der Waals surface area contributed by atoms with E-state index in [0.29, 0.717) is 5.56 Å². The molecule has 2 aromatic carbocycles. The molecule has 108 valence electrons. The Morgan fingerprint density at radius 1 is 1.19 bits per heavy atom. The summed E-state index contributed by atoms with van der Waals surface area (Å²) >= 11 is 6.74. The highest BCUT2D eigenvalue weighted by atomic mass is 79.9. The number of hydrogen-bond donors (Lipinski definition) is 1. The van der Waals surface area contributed by atoms with Crippen molar-refractivity contribution in [2.75, 3.05) is 7.11 Å². The second-order valence-corrected chi connectivity index (χ2v) is 5.86. The van der Waals surface area contributed by atoms with Crippen molar-refractivity contribution in [1.29, 1.82) is 0 Å². The number of nitrogens with one attached hydrogen (secondary N) is 1. The third-order valence-corrected chi connectivity index (χ3v) is 3.93. The maximum Gasteiger partial charge on any atom is 0.271 e. The molecule has 0 unspecified atom stereocenters. The molecule has 1 amide bonds. The van der Waals surface area contributed by atoms with Gasteiger partial charge in [0.1, 0.15) is 5.75 Å². The summed E-state index contributed by atoms with van der Waals surface area (Å²) in [7, 11) is 1.60. The number of amides is 1. The van der Waals surface area contributed by atoms with Gasteiger partial charge >= 0.3 is 0 Å². The Bertz CT molecular complexity index is 670. The van der Waals surface area contributed by atoms with Gasteiger partial charge in [-0.3, -0.25) is 4.79 Å². The van der Waals surface area contributed by atoms with E-state index in [0.717, 1.165) is 20.3 Å².